The van der Waals surface area contributed by atoms with E-state index < -0.39 is 0 Å². The van der Waals surface area contributed by atoms with Crippen LogP contribution in [0, 0.1) is 30.1 Å². The second kappa shape index (κ2) is 8.27. The van der Waals surface area contributed by atoms with Gasteiger partial charge in [0, 0.05) is 5.41 Å². The quantitative estimate of drug-likeness (QED) is 0.378. The molecule has 0 unspecified atom stereocenters. The van der Waals surface area contributed by atoms with Crippen LogP contribution < -0.4 is 4.74 Å². The Morgan fingerprint density at radius 1 is 1.15 bits per heavy atom. The van der Waals surface area contributed by atoms with Gasteiger partial charge in [0.25, 0.3) is 0 Å². The molecule has 0 aliphatic heterocycles. The minimum absolute atomic E-state index is 0.0792. The number of hydrogen-bond acceptors (Lipinski definition) is 6. The highest BCUT2D eigenvalue weighted by atomic mass is 32.2. The largest absolute Gasteiger partial charge is 0.495 e. The molecule has 4 aliphatic rings. The Hall–Kier alpha value is -2.12. The second-order valence-electron chi connectivity index (χ2n) is 10.2. The summed E-state index contributed by atoms with van der Waals surface area (Å²) in [5.41, 5.74) is 1.97. The molecule has 1 aromatic carbocycles. The number of benzene rings is 1. The van der Waals surface area contributed by atoms with Crippen molar-refractivity contribution < 1.29 is 9.53 Å². The Morgan fingerprint density at radius 2 is 1.88 bits per heavy atom. The van der Waals surface area contributed by atoms with Crippen molar-refractivity contribution in [3.05, 3.63) is 41.3 Å². The molecule has 4 aliphatic carbocycles. The van der Waals surface area contributed by atoms with E-state index in [0.29, 0.717) is 11.5 Å². The fourth-order valence-corrected chi connectivity index (χ4v) is 8.53. The first kappa shape index (κ1) is 21.4. The van der Waals surface area contributed by atoms with Crippen molar-refractivity contribution in [3.63, 3.8) is 0 Å². The van der Waals surface area contributed by atoms with Crippen LogP contribution in [0.25, 0.3) is 16.4 Å². The maximum Gasteiger partial charge on any atom is 0.196 e. The number of rotatable bonds is 7. The summed E-state index contributed by atoms with van der Waals surface area (Å²) in [6.07, 6.45) is 7.38. The fourth-order valence-electron chi connectivity index (χ4n) is 6.86. The number of thioether (sulfide) groups is 1. The molecular weight excluding hydrogens is 450 g/mol. The van der Waals surface area contributed by atoms with Crippen LogP contribution >= 0.6 is 23.1 Å². The Bertz CT molecular complexity index is 1150. The van der Waals surface area contributed by atoms with Gasteiger partial charge in [-0.05, 0) is 92.3 Å². The van der Waals surface area contributed by atoms with Gasteiger partial charge >= 0.3 is 0 Å². The van der Waals surface area contributed by atoms with Gasteiger partial charge in [-0.15, -0.1) is 21.5 Å². The summed E-state index contributed by atoms with van der Waals surface area (Å²) < 4.78 is 7.76. The molecule has 4 saturated carbocycles. The second-order valence-corrected chi connectivity index (χ2v) is 12.1. The predicted octanol–water partition coefficient (Wildman–Crippen LogP) is 6.19. The average molecular weight is 480 g/mol. The van der Waals surface area contributed by atoms with Gasteiger partial charge in [0.15, 0.2) is 11.0 Å². The highest BCUT2D eigenvalue weighted by molar-refractivity contribution is 7.99. The van der Waals surface area contributed by atoms with Gasteiger partial charge in [0.05, 0.1) is 23.4 Å². The van der Waals surface area contributed by atoms with Gasteiger partial charge in [-0.25, -0.2) is 0 Å². The van der Waals surface area contributed by atoms with Crippen LogP contribution in [0.15, 0.2) is 40.9 Å². The zero-order chi connectivity index (χ0) is 22.6. The number of Topliss-reactive ketones (excluding diaryl/α,β-unsaturated/α-hetero) is 1. The number of aryl methyl sites for hydroxylation is 1. The van der Waals surface area contributed by atoms with Crippen LogP contribution in [0.4, 0.5) is 0 Å². The summed E-state index contributed by atoms with van der Waals surface area (Å²) in [6.45, 7) is 2.07. The van der Waals surface area contributed by atoms with E-state index in [1.54, 1.807) is 18.4 Å². The summed E-state index contributed by atoms with van der Waals surface area (Å²) in [5, 5.41) is 11.9. The van der Waals surface area contributed by atoms with E-state index in [0.717, 1.165) is 69.9 Å². The van der Waals surface area contributed by atoms with E-state index >= 15 is 0 Å². The lowest BCUT2D eigenvalue weighted by molar-refractivity contribution is -0.141. The highest BCUT2D eigenvalue weighted by Crippen LogP contribution is 2.60. The molecule has 2 aromatic heterocycles. The summed E-state index contributed by atoms with van der Waals surface area (Å²) in [4.78, 5) is 14.7. The molecule has 5 nitrogen and oxygen atoms in total. The molecule has 0 radical (unpaired) electrons. The number of ketones is 1. The number of thiophene rings is 1. The number of carbonyl (C=O) groups is 1. The zero-order valence-corrected chi connectivity index (χ0v) is 20.8. The monoisotopic (exact) mass is 479 g/mol. The average Bonchev–Trinajstić information content (AvgIpc) is 3.46. The maximum atomic E-state index is 13.6. The number of hydrogen-bond donors (Lipinski definition) is 0. The van der Waals surface area contributed by atoms with Gasteiger partial charge in [-0.3, -0.25) is 9.36 Å². The third-order valence-electron chi connectivity index (χ3n) is 7.91. The van der Waals surface area contributed by atoms with Crippen LogP contribution in [-0.4, -0.2) is 33.4 Å². The fraction of sp³-hybridized carbons (Fsp3) is 0.500. The van der Waals surface area contributed by atoms with Crippen molar-refractivity contribution in [3.8, 4) is 22.1 Å². The van der Waals surface area contributed by atoms with Crippen LogP contribution in [0.3, 0.4) is 0 Å². The normalized spacial score (nSPS) is 27.8. The van der Waals surface area contributed by atoms with Crippen molar-refractivity contribution in [1.82, 2.24) is 14.8 Å². The molecule has 7 heteroatoms. The minimum atomic E-state index is -0.0792. The summed E-state index contributed by atoms with van der Waals surface area (Å²) in [7, 11) is 1.69. The molecule has 0 saturated heterocycles. The molecule has 2 heterocycles. The number of carbonyl (C=O) groups excluding carboxylic acids is 1. The molecule has 3 aromatic rings. The molecule has 0 spiro atoms. The molecule has 0 atom stereocenters. The van der Waals surface area contributed by atoms with Gasteiger partial charge in [-0.1, -0.05) is 23.9 Å². The maximum absolute atomic E-state index is 13.6. The molecular formula is C26H29N3O2S2. The molecule has 0 amide bonds. The smallest absolute Gasteiger partial charge is 0.196 e. The first-order chi connectivity index (χ1) is 16.0. The van der Waals surface area contributed by atoms with Crippen molar-refractivity contribution in [2.24, 2.45) is 23.2 Å². The topological polar surface area (TPSA) is 57.0 Å². The SMILES string of the molecule is COc1ccc(C)cc1-n1c(SCC(=O)C23CC4CC(CC(C4)C2)C3)nnc1-c1cccs1. The Balaban J connectivity index is 1.32. The molecule has 7 rings (SSSR count). The molecule has 4 bridgehead atoms. The Labute approximate surface area is 203 Å². The van der Waals surface area contributed by atoms with Crippen LogP contribution in [0.5, 0.6) is 5.75 Å². The van der Waals surface area contributed by atoms with Gasteiger partial charge < -0.3 is 4.74 Å². The number of ether oxygens (including phenoxy) is 1. The van der Waals surface area contributed by atoms with E-state index in [9.17, 15) is 4.79 Å². The van der Waals surface area contributed by atoms with Gasteiger partial charge in [-0.2, -0.15) is 0 Å². The van der Waals surface area contributed by atoms with Crippen LogP contribution in [0.2, 0.25) is 0 Å². The molecule has 33 heavy (non-hydrogen) atoms. The van der Waals surface area contributed by atoms with Gasteiger partial charge in [0.2, 0.25) is 0 Å². The third-order valence-corrected chi connectivity index (χ3v) is 9.71. The van der Waals surface area contributed by atoms with E-state index in [4.69, 9.17) is 4.74 Å². The first-order valence-corrected chi connectivity index (χ1v) is 13.7. The van der Waals surface area contributed by atoms with Crippen LogP contribution in [0.1, 0.15) is 44.1 Å². The van der Waals surface area contributed by atoms with Gasteiger partial charge in [0.1, 0.15) is 11.5 Å². The lowest BCUT2D eigenvalue weighted by Gasteiger charge is -2.56. The van der Waals surface area contributed by atoms with E-state index in [1.165, 1.54) is 31.0 Å². The Morgan fingerprint density at radius 3 is 2.52 bits per heavy atom. The summed E-state index contributed by atoms with van der Waals surface area (Å²) in [6, 6.07) is 10.2. The highest BCUT2D eigenvalue weighted by Gasteiger charge is 2.54. The predicted molar refractivity (Wildman–Crippen MR) is 132 cm³/mol. The number of methoxy groups -OCH3 is 1. The Kier molecular flexibility index (Phi) is 5.37. The lowest BCUT2D eigenvalue weighted by atomic mass is 9.48. The van der Waals surface area contributed by atoms with Crippen molar-refractivity contribution in [1.29, 1.82) is 0 Å². The summed E-state index contributed by atoms with van der Waals surface area (Å²) >= 11 is 3.17. The van der Waals surface area contributed by atoms with E-state index in [1.807, 2.05) is 23.6 Å². The first-order valence-electron chi connectivity index (χ1n) is 11.8. The molecule has 172 valence electrons. The zero-order valence-electron chi connectivity index (χ0n) is 19.1. The molecule has 0 N–H and O–H groups in total. The summed E-state index contributed by atoms with van der Waals surface area (Å²) in [5.74, 6) is 4.77. The van der Waals surface area contributed by atoms with Crippen molar-refractivity contribution in [2.75, 3.05) is 12.9 Å². The molecule has 4 fully saturated rings. The minimum Gasteiger partial charge on any atom is -0.495 e. The standard InChI is InChI=1S/C26H29N3O2S2/c1-16-5-6-21(31-2)20(8-16)29-24(22-4-3-7-32-22)27-28-25(29)33-15-23(30)26-12-17-9-18(13-26)11-19(10-17)14-26/h3-8,17-19H,9-15H2,1-2H3. The lowest BCUT2D eigenvalue weighted by Crippen LogP contribution is -2.50. The van der Waals surface area contributed by atoms with E-state index in [-0.39, 0.29) is 5.41 Å². The number of nitrogens with zero attached hydrogens (tertiary/aromatic N) is 3. The van der Waals surface area contributed by atoms with E-state index in [2.05, 4.69) is 33.8 Å². The third kappa shape index (κ3) is 3.73. The number of aromatic nitrogens is 3. The van der Waals surface area contributed by atoms with Crippen LogP contribution in [-0.2, 0) is 4.79 Å². The van der Waals surface area contributed by atoms with Crippen molar-refractivity contribution in [2.45, 2.75) is 50.6 Å². The van der Waals surface area contributed by atoms with Crippen molar-refractivity contribution >= 4 is 28.9 Å².